The monoisotopic (exact) mass is 432 g/mol. The molecule has 11 heteroatoms. The van der Waals surface area contributed by atoms with Gasteiger partial charge in [0.25, 0.3) is 15.9 Å². The molecule has 8 nitrogen and oxygen atoms in total. The quantitative estimate of drug-likeness (QED) is 0.710. The zero-order chi connectivity index (χ0) is 19.4. The van der Waals surface area contributed by atoms with Gasteiger partial charge in [-0.2, -0.15) is 4.31 Å². The molecule has 2 saturated heterocycles. The first-order chi connectivity index (χ1) is 12.7. The van der Waals surface area contributed by atoms with E-state index < -0.39 is 15.6 Å². The van der Waals surface area contributed by atoms with Crippen LogP contribution in [0.1, 0.15) is 19.8 Å². The van der Waals surface area contributed by atoms with Crippen molar-refractivity contribution < 1.29 is 18.0 Å². The largest absolute Gasteiger partial charge is 0.326 e. The summed E-state index contributed by atoms with van der Waals surface area (Å²) in [5, 5.41) is 2.83. The highest BCUT2D eigenvalue weighted by molar-refractivity contribution is 7.91. The molecular weight excluding hydrogens is 412 g/mol. The van der Waals surface area contributed by atoms with Gasteiger partial charge in [0.15, 0.2) is 0 Å². The maximum Gasteiger partial charge on any atom is 0.326 e. The van der Waals surface area contributed by atoms with Crippen LogP contribution in [0.25, 0.3) is 0 Å². The summed E-state index contributed by atoms with van der Waals surface area (Å²) in [6.07, 6.45) is 1.92. The number of halogens is 1. The van der Waals surface area contributed by atoms with E-state index in [1.54, 1.807) is 13.0 Å². The lowest BCUT2D eigenvalue weighted by Gasteiger charge is -2.35. The van der Waals surface area contributed by atoms with Crippen LogP contribution in [-0.2, 0) is 14.8 Å². The highest BCUT2D eigenvalue weighted by atomic mass is 35.5. The molecule has 0 spiro atoms. The summed E-state index contributed by atoms with van der Waals surface area (Å²) in [6, 6.07) is 2.72. The summed E-state index contributed by atoms with van der Waals surface area (Å²) in [5.74, 6) is 0.0387. The molecule has 3 amide bonds. The molecule has 3 fully saturated rings. The van der Waals surface area contributed by atoms with Gasteiger partial charge in [-0.1, -0.05) is 11.6 Å². The van der Waals surface area contributed by atoms with Gasteiger partial charge >= 0.3 is 6.03 Å². The number of carbonyl (C=O) groups is 2. The fourth-order valence-corrected chi connectivity index (χ4v) is 6.72. The van der Waals surface area contributed by atoms with Crippen LogP contribution in [0.4, 0.5) is 4.79 Å². The highest BCUT2D eigenvalue weighted by Gasteiger charge is 2.56. The number of rotatable bonds is 5. The second-order valence-electron chi connectivity index (χ2n) is 7.36. The van der Waals surface area contributed by atoms with Crippen molar-refractivity contribution in [2.24, 2.45) is 5.92 Å². The minimum absolute atomic E-state index is 0.182. The Hall–Kier alpha value is -1.20. The van der Waals surface area contributed by atoms with Crippen LogP contribution < -0.4 is 5.32 Å². The van der Waals surface area contributed by atoms with E-state index in [4.69, 9.17) is 11.6 Å². The van der Waals surface area contributed by atoms with Crippen molar-refractivity contribution in [3.8, 4) is 0 Å². The molecule has 1 aromatic heterocycles. The van der Waals surface area contributed by atoms with E-state index >= 15 is 0 Å². The Morgan fingerprint density at radius 3 is 2.44 bits per heavy atom. The maximum atomic E-state index is 12.7. The van der Waals surface area contributed by atoms with Crippen molar-refractivity contribution in [2.75, 3.05) is 32.8 Å². The van der Waals surface area contributed by atoms with Crippen molar-refractivity contribution in [3.05, 3.63) is 16.5 Å². The number of carbonyl (C=O) groups excluding carboxylic acids is 2. The fraction of sp³-hybridized carbons (Fsp3) is 0.625. The third kappa shape index (κ3) is 3.38. The second-order valence-corrected chi connectivity index (χ2v) is 11.2. The number of piperazine rings is 1. The molecular formula is C16H21ClN4O4S2. The zero-order valence-electron chi connectivity index (χ0n) is 14.9. The SMILES string of the molecule is C[C@]1(C2CC2)NC(=O)N(CN2CCN(S(=O)(=O)c3ccc(Cl)s3)CC2)C1=O. The first-order valence-electron chi connectivity index (χ1n) is 8.84. The van der Waals surface area contributed by atoms with Crippen molar-refractivity contribution >= 4 is 44.9 Å². The fourth-order valence-electron chi connectivity index (χ4n) is 3.66. The summed E-state index contributed by atoms with van der Waals surface area (Å²) in [6.45, 7) is 3.50. The van der Waals surface area contributed by atoms with Gasteiger partial charge in [-0.05, 0) is 37.8 Å². The number of hydrogen-bond donors (Lipinski definition) is 1. The maximum absolute atomic E-state index is 12.7. The van der Waals surface area contributed by atoms with Crippen LogP contribution in [-0.4, -0.2) is 72.8 Å². The van der Waals surface area contributed by atoms with Crippen molar-refractivity contribution in [1.29, 1.82) is 0 Å². The Kier molecular flexibility index (Phi) is 4.75. The Labute approximate surface area is 167 Å². The van der Waals surface area contributed by atoms with Gasteiger partial charge < -0.3 is 5.32 Å². The molecule has 4 rings (SSSR count). The summed E-state index contributed by atoms with van der Waals surface area (Å²) < 4.78 is 27.4. The van der Waals surface area contributed by atoms with E-state index in [0.29, 0.717) is 30.5 Å². The normalized spacial score (nSPS) is 28.0. The van der Waals surface area contributed by atoms with Gasteiger partial charge in [-0.3, -0.25) is 9.69 Å². The van der Waals surface area contributed by atoms with E-state index in [-0.39, 0.29) is 28.7 Å². The van der Waals surface area contributed by atoms with Crippen LogP contribution in [0.15, 0.2) is 16.3 Å². The average Bonchev–Trinajstić information content (AvgIpc) is 3.36. The third-order valence-corrected chi connectivity index (χ3v) is 9.11. The van der Waals surface area contributed by atoms with Crippen molar-refractivity contribution in [2.45, 2.75) is 29.5 Å². The van der Waals surface area contributed by atoms with Gasteiger partial charge in [-0.15, -0.1) is 11.3 Å². The molecule has 148 valence electrons. The van der Waals surface area contributed by atoms with Crippen molar-refractivity contribution in [3.63, 3.8) is 0 Å². The molecule has 2 aliphatic heterocycles. The minimum Gasteiger partial charge on any atom is -0.323 e. The molecule has 0 bridgehead atoms. The van der Waals surface area contributed by atoms with Gasteiger partial charge in [0, 0.05) is 26.2 Å². The van der Waals surface area contributed by atoms with E-state index in [0.717, 1.165) is 24.2 Å². The lowest BCUT2D eigenvalue weighted by molar-refractivity contribution is -0.133. The number of imide groups is 1. The number of nitrogens with zero attached hydrogens (tertiary/aromatic N) is 3. The van der Waals surface area contributed by atoms with E-state index in [2.05, 4.69) is 5.32 Å². The molecule has 1 aliphatic carbocycles. The predicted octanol–water partition coefficient (Wildman–Crippen LogP) is 1.39. The number of sulfonamides is 1. The van der Waals surface area contributed by atoms with E-state index in [1.165, 1.54) is 15.3 Å². The molecule has 0 unspecified atom stereocenters. The summed E-state index contributed by atoms with van der Waals surface area (Å²) in [5.41, 5.74) is -0.791. The summed E-state index contributed by atoms with van der Waals surface area (Å²) >= 11 is 6.89. The number of thiophene rings is 1. The zero-order valence-corrected chi connectivity index (χ0v) is 17.2. The first-order valence-corrected chi connectivity index (χ1v) is 11.5. The minimum atomic E-state index is -3.55. The molecule has 27 heavy (non-hydrogen) atoms. The van der Waals surface area contributed by atoms with Crippen LogP contribution in [0.3, 0.4) is 0 Å². The van der Waals surface area contributed by atoms with E-state index in [1.807, 2.05) is 4.90 Å². The molecule has 3 heterocycles. The first kappa shape index (κ1) is 19.1. The molecule has 0 radical (unpaired) electrons. The lowest BCUT2D eigenvalue weighted by atomic mass is 9.96. The van der Waals surface area contributed by atoms with Gasteiger partial charge in [0.1, 0.15) is 9.75 Å². The Balaban J connectivity index is 1.37. The number of hydrogen-bond acceptors (Lipinski definition) is 6. The Bertz CT molecular complexity index is 877. The molecule has 1 atom stereocenters. The smallest absolute Gasteiger partial charge is 0.323 e. The topological polar surface area (TPSA) is 90.0 Å². The number of nitrogens with one attached hydrogen (secondary N) is 1. The van der Waals surface area contributed by atoms with Crippen LogP contribution in [0.2, 0.25) is 4.34 Å². The number of amides is 3. The molecule has 3 aliphatic rings. The Morgan fingerprint density at radius 2 is 1.89 bits per heavy atom. The lowest BCUT2D eigenvalue weighted by Crippen LogP contribution is -2.53. The van der Waals surface area contributed by atoms with Gasteiger partial charge in [0.2, 0.25) is 0 Å². The molecule has 0 aromatic carbocycles. The van der Waals surface area contributed by atoms with Crippen molar-refractivity contribution in [1.82, 2.24) is 19.4 Å². The number of urea groups is 1. The highest BCUT2D eigenvalue weighted by Crippen LogP contribution is 2.42. The van der Waals surface area contributed by atoms with Gasteiger partial charge in [0.05, 0.1) is 11.0 Å². The standard InChI is InChI=1S/C16H21ClN4O4S2/c1-16(11-2-3-11)14(22)21(15(23)18-16)10-19-6-8-20(9-7-19)27(24,25)13-5-4-12(17)26-13/h4-5,11H,2-3,6-10H2,1H3,(H,18,23)/t16-/m1/s1. The molecule has 1 N–H and O–H groups in total. The summed E-state index contributed by atoms with van der Waals surface area (Å²) in [4.78, 5) is 28.2. The van der Waals surface area contributed by atoms with E-state index in [9.17, 15) is 18.0 Å². The second kappa shape index (κ2) is 6.70. The van der Waals surface area contributed by atoms with Crippen LogP contribution in [0.5, 0.6) is 0 Å². The predicted molar refractivity (Wildman–Crippen MR) is 101 cm³/mol. The summed E-state index contributed by atoms with van der Waals surface area (Å²) in [7, 11) is -3.55. The van der Waals surface area contributed by atoms with Gasteiger partial charge in [-0.25, -0.2) is 18.1 Å². The van der Waals surface area contributed by atoms with Crippen LogP contribution in [0, 0.1) is 5.92 Å². The Morgan fingerprint density at radius 1 is 1.22 bits per heavy atom. The molecule has 1 aromatic rings. The molecule has 1 saturated carbocycles. The van der Waals surface area contributed by atoms with Crippen LogP contribution >= 0.6 is 22.9 Å². The average molecular weight is 433 g/mol. The third-order valence-electron chi connectivity index (χ3n) is 5.51.